The summed E-state index contributed by atoms with van der Waals surface area (Å²) in [6.45, 7) is 2.91. The Labute approximate surface area is 153 Å². The standard InChI is InChI=1S/C17H19F2NO7/c1-3-26-13(21)8-12(17(25)27-4-2)14(16(23)24)20-15(22)9-5-10(18)7-11(19)6-9/h5-7,12,14H,3-4,8H2,1-2H3,(H,20,22)(H,23,24)/t12-,14-/m0/s1. The summed E-state index contributed by atoms with van der Waals surface area (Å²) in [6.07, 6.45) is -0.665. The van der Waals surface area contributed by atoms with Crippen LogP contribution >= 0.6 is 0 Å². The Balaban J connectivity index is 3.11. The van der Waals surface area contributed by atoms with Crippen molar-refractivity contribution in [3.63, 3.8) is 0 Å². The van der Waals surface area contributed by atoms with Crippen LogP contribution in [0.2, 0.25) is 0 Å². The summed E-state index contributed by atoms with van der Waals surface area (Å²) in [4.78, 5) is 47.5. The highest BCUT2D eigenvalue weighted by molar-refractivity contribution is 5.98. The van der Waals surface area contributed by atoms with Crippen molar-refractivity contribution in [3.8, 4) is 0 Å². The van der Waals surface area contributed by atoms with Crippen LogP contribution in [0.1, 0.15) is 30.6 Å². The maximum atomic E-state index is 13.3. The summed E-state index contributed by atoms with van der Waals surface area (Å²) in [6, 6.07) is 0.0461. The van der Waals surface area contributed by atoms with Crippen LogP contribution in [0, 0.1) is 17.6 Å². The Morgan fingerprint density at radius 1 is 1.04 bits per heavy atom. The van der Waals surface area contributed by atoms with E-state index in [1.54, 1.807) is 0 Å². The van der Waals surface area contributed by atoms with Gasteiger partial charge < -0.3 is 19.9 Å². The molecule has 0 heterocycles. The number of ether oxygens (including phenoxy) is 2. The highest BCUT2D eigenvalue weighted by Crippen LogP contribution is 2.16. The number of rotatable bonds is 9. The Hall–Kier alpha value is -3.04. The van der Waals surface area contributed by atoms with Crippen molar-refractivity contribution in [2.75, 3.05) is 13.2 Å². The Kier molecular flexibility index (Phi) is 8.31. The van der Waals surface area contributed by atoms with Gasteiger partial charge in [-0.3, -0.25) is 14.4 Å². The van der Waals surface area contributed by atoms with E-state index in [0.717, 1.165) is 0 Å². The fourth-order valence-corrected chi connectivity index (χ4v) is 2.23. The lowest BCUT2D eigenvalue weighted by atomic mass is 9.95. The molecule has 1 amide bonds. The Morgan fingerprint density at radius 3 is 2.07 bits per heavy atom. The van der Waals surface area contributed by atoms with E-state index in [1.807, 2.05) is 5.32 Å². The quantitative estimate of drug-likeness (QED) is 0.613. The lowest BCUT2D eigenvalue weighted by Gasteiger charge is -2.22. The Bertz CT molecular complexity index is 703. The predicted octanol–water partition coefficient (Wildman–Crippen LogP) is 1.28. The van der Waals surface area contributed by atoms with Gasteiger partial charge in [-0.15, -0.1) is 0 Å². The van der Waals surface area contributed by atoms with Crippen LogP contribution in [-0.4, -0.2) is 48.2 Å². The second kappa shape index (κ2) is 10.2. The SMILES string of the molecule is CCOC(=O)C[C@H](C(=O)OCC)[C@H](NC(=O)c1cc(F)cc(F)c1)C(=O)O. The minimum Gasteiger partial charge on any atom is -0.480 e. The highest BCUT2D eigenvalue weighted by Gasteiger charge is 2.38. The topological polar surface area (TPSA) is 119 Å². The lowest BCUT2D eigenvalue weighted by molar-refractivity contribution is -0.159. The molecule has 8 nitrogen and oxygen atoms in total. The van der Waals surface area contributed by atoms with Crippen molar-refractivity contribution in [1.29, 1.82) is 0 Å². The molecule has 148 valence electrons. The molecule has 0 aromatic heterocycles. The van der Waals surface area contributed by atoms with Gasteiger partial charge in [-0.25, -0.2) is 13.6 Å². The number of hydrogen-bond acceptors (Lipinski definition) is 6. The summed E-state index contributed by atoms with van der Waals surface area (Å²) < 4.78 is 36.0. The van der Waals surface area contributed by atoms with Crippen molar-refractivity contribution in [3.05, 3.63) is 35.4 Å². The first kappa shape index (κ1) is 22.0. The molecule has 0 bridgehead atoms. The third kappa shape index (κ3) is 6.65. The number of hydrogen-bond donors (Lipinski definition) is 2. The second-order valence-electron chi connectivity index (χ2n) is 5.32. The van der Waals surface area contributed by atoms with Crippen molar-refractivity contribution >= 4 is 23.8 Å². The molecule has 2 atom stereocenters. The Morgan fingerprint density at radius 2 is 1.59 bits per heavy atom. The van der Waals surface area contributed by atoms with Crippen LogP contribution in [-0.2, 0) is 23.9 Å². The number of amides is 1. The smallest absolute Gasteiger partial charge is 0.327 e. The van der Waals surface area contributed by atoms with E-state index in [2.05, 4.69) is 0 Å². The van der Waals surface area contributed by atoms with Crippen LogP contribution < -0.4 is 5.32 Å². The van der Waals surface area contributed by atoms with E-state index in [9.17, 15) is 33.1 Å². The van der Waals surface area contributed by atoms with Crippen LogP contribution in [0.3, 0.4) is 0 Å². The average molecular weight is 387 g/mol. The van der Waals surface area contributed by atoms with Crippen molar-refractivity contribution in [2.24, 2.45) is 5.92 Å². The number of benzene rings is 1. The van der Waals surface area contributed by atoms with Gasteiger partial charge in [0.15, 0.2) is 0 Å². The zero-order chi connectivity index (χ0) is 20.6. The minimum atomic E-state index is -1.88. The molecule has 0 saturated heterocycles. The lowest BCUT2D eigenvalue weighted by Crippen LogP contribution is -2.49. The van der Waals surface area contributed by atoms with Gasteiger partial charge in [-0.2, -0.15) is 0 Å². The van der Waals surface area contributed by atoms with E-state index in [0.29, 0.717) is 18.2 Å². The highest BCUT2D eigenvalue weighted by atomic mass is 19.1. The number of carbonyl (C=O) groups is 4. The van der Waals surface area contributed by atoms with Gasteiger partial charge in [0.2, 0.25) is 0 Å². The molecule has 0 fully saturated rings. The molecule has 0 unspecified atom stereocenters. The van der Waals surface area contributed by atoms with E-state index in [4.69, 9.17) is 9.47 Å². The summed E-state index contributed by atoms with van der Waals surface area (Å²) in [5.74, 6) is -8.36. The average Bonchev–Trinajstić information content (AvgIpc) is 2.57. The third-order valence-electron chi connectivity index (χ3n) is 3.36. The number of nitrogens with one attached hydrogen (secondary N) is 1. The first-order valence-corrected chi connectivity index (χ1v) is 8.01. The largest absolute Gasteiger partial charge is 0.480 e. The minimum absolute atomic E-state index is 0.00104. The molecule has 0 aliphatic carbocycles. The van der Waals surface area contributed by atoms with Crippen LogP contribution in [0.5, 0.6) is 0 Å². The molecule has 0 aliphatic rings. The fourth-order valence-electron chi connectivity index (χ4n) is 2.23. The molecule has 0 saturated carbocycles. The van der Waals surface area contributed by atoms with E-state index >= 15 is 0 Å². The summed E-state index contributed by atoms with van der Waals surface area (Å²) >= 11 is 0. The number of halogens is 2. The third-order valence-corrected chi connectivity index (χ3v) is 3.36. The molecule has 1 aromatic rings. The van der Waals surface area contributed by atoms with Gasteiger partial charge in [0.25, 0.3) is 5.91 Å². The molecule has 0 spiro atoms. The zero-order valence-corrected chi connectivity index (χ0v) is 14.7. The molecule has 10 heteroatoms. The second-order valence-corrected chi connectivity index (χ2v) is 5.32. The summed E-state index contributed by atoms with van der Waals surface area (Å²) in [5.41, 5.74) is -0.488. The van der Waals surface area contributed by atoms with Crippen LogP contribution in [0.4, 0.5) is 8.78 Å². The summed E-state index contributed by atoms with van der Waals surface area (Å²) in [7, 11) is 0. The predicted molar refractivity (Wildman–Crippen MR) is 86.6 cm³/mol. The van der Waals surface area contributed by atoms with Gasteiger partial charge in [-0.05, 0) is 26.0 Å². The van der Waals surface area contributed by atoms with Gasteiger partial charge in [-0.1, -0.05) is 0 Å². The van der Waals surface area contributed by atoms with Crippen molar-refractivity contribution in [1.82, 2.24) is 5.32 Å². The molecule has 0 radical (unpaired) electrons. The molecule has 1 aromatic carbocycles. The van der Waals surface area contributed by atoms with Crippen molar-refractivity contribution in [2.45, 2.75) is 26.3 Å². The van der Waals surface area contributed by atoms with E-state index < -0.39 is 59.4 Å². The molecular weight excluding hydrogens is 368 g/mol. The van der Waals surface area contributed by atoms with Gasteiger partial charge in [0.05, 0.1) is 25.6 Å². The maximum absolute atomic E-state index is 13.3. The molecule has 1 rings (SSSR count). The molecule has 27 heavy (non-hydrogen) atoms. The van der Waals surface area contributed by atoms with Gasteiger partial charge >= 0.3 is 17.9 Å². The number of esters is 2. The number of aliphatic carboxylic acids is 1. The van der Waals surface area contributed by atoms with E-state index in [1.165, 1.54) is 13.8 Å². The van der Waals surface area contributed by atoms with Gasteiger partial charge in [0.1, 0.15) is 17.7 Å². The zero-order valence-electron chi connectivity index (χ0n) is 14.7. The molecule has 0 aliphatic heterocycles. The van der Waals surface area contributed by atoms with Crippen LogP contribution in [0.15, 0.2) is 18.2 Å². The maximum Gasteiger partial charge on any atom is 0.327 e. The summed E-state index contributed by atoms with van der Waals surface area (Å²) in [5, 5.41) is 11.4. The first-order valence-electron chi connectivity index (χ1n) is 8.01. The number of carboxylic acid groups (broad SMARTS) is 1. The normalized spacial score (nSPS) is 12.6. The number of carboxylic acids is 1. The van der Waals surface area contributed by atoms with Crippen LogP contribution in [0.25, 0.3) is 0 Å². The fraction of sp³-hybridized carbons (Fsp3) is 0.412. The number of carbonyl (C=O) groups excluding carboxylic acids is 3. The van der Waals surface area contributed by atoms with E-state index in [-0.39, 0.29) is 13.2 Å². The van der Waals surface area contributed by atoms with Crippen molar-refractivity contribution < 1.29 is 42.5 Å². The first-order chi connectivity index (χ1) is 12.7. The molecular formula is C17H19F2NO7. The molecule has 2 N–H and O–H groups in total. The van der Waals surface area contributed by atoms with Gasteiger partial charge in [0, 0.05) is 11.6 Å². The monoisotopic (exact) mass is 387 g/mol.